The highest BCUT2D eigenvalue weighted by molar-refractivity contribution is 5.28. The first-order chi connectivity index (χ1) is 9.05. The zero-order valence-electron chi connectivity index (χ0n) is 12.7. The summed E-state index contributed by atoms with van der Waals surface area (Å²) in [5, 5.41) is 11.0. The first-order valence-corrected chi connectivity index (χ1v) is 7.87. The van der Waals surface area contributed by atoms with Crippen molar-refractivity contribution < 1.29 is 5.11 Å². The van der Waals surface area contributed by atoms with Gasteiger partial charge >= 0.3 is 0 Å². The molecule has 1 N–H and O–H groups in total. The Hall–Kier alpha value is -0.820. The number of aliphatic hydroxyl groups is 1. The predicted molar refractivity (Wildman–Crippen MR) is 81.1 cm³/mol. The largest absolute Gasteiger partial charge is 0.385 e. The van der Waals surface area contributed by atoms with Crippen LogP contribution in [0.3, 0.4) is 0 Å². The van der Waals surface area contributed by atoms with Crippen molar-refractivity contribution in [1.82, 2.24) is 0 Å². The molecule has 106 valence electrons. The van der Waals surface area contributed by atoms with Crippen LogP contribution >= 0.6 is 0 Å². The lowest BCUT2D eigenvalue weighted by Crippen LogP contribution is -2.25. The van der Waals surface area contributed by atoms with Crippen molar-refractivity contribution in [3.05, 3.63) is 35.4 Å². The van der Waals surface area contributed by atoms with Gasteiger partial charge in [0.25, 0.3) is 0 Å². The van der Waals surface area contributed by atoms with Gasteiger partial charge in [0, 0.05) is 0 Å². The van der Waals surface area contributed by atoms with Crippen LogP contribution in [-0.4, -0.2) is 5.11 Å². The smallest absolute Gasteiger partial charge is 0.0896 e. The molecule has 2 unspecified atom stereocenters. The van der Waals surface area contributed by atoms with Crippen LogP contribution in [0.25, 0.3) is 0 Å². The van der Waals surface area contributed by atoms with Gasteiger partial charge in [-0.1, -0.05) is 51.5 Å². The van der Waals surface area contributed by atoms with Gasteiger partial charge in [0.15, 0.2) is 0 Å². The van der Waals surface area contributed by atoms with Crippen LogP contribution in [0.1, 0.15) is 64.0 Å². The maximum atomic E-state index is 11.0. The molecule has 0 bridgehead atoms. The lowest BCUT2D eigenvalue weighted by molar-refractivity contribution is 0.0190. The molecule has 0 saturated heterocycles. The minimum Gasteiger partial charge on any atom is -0.385 e. The summed E-state index contributed by atoms with van der Waals surface area (Å²) in [5.41, 5.74) is 1.88. The Balaban J connectivity index is 2.17. The summed E-state index contributed by atoms with van der Waals surface area (Å²) in [5.74, 6) is 1.52. The Morgan fingerprint density at radius 3 is 2.74 bits per heavy atom. The third-order valence-electron chi connectivity index (χ3n) is 4.91. The fourth-order valence-corrected chi connectivity index (χ4v) is 3.39. The molecule has 2 atom stereocenters. The second kappa shape index (κ2) is 6.09. The fraction of sp³-hybridized carbons (Fsp3) is 0.667. The van der Waals surface area contributed by atoms with Gasteiger partial charge in [-0.2, -0.15) is 0 Å². The third-order valence-corrected chi connectivity index (χ3v) is 4.91. The molecule has 0 radical (unpaired) electrons. The number of aryl methyl sites for hydroxylation is 1. The fourth-order valence-electron chi connectivity index (χ4n) is 3.39. The lowest BCUT2D eigenvalue weighted by atomic mass is 9.84. The van der Waals surface area contributed by atoms with E-state index in [1.54, 1.807) is 0 Å². The first-order valence-electron chi connectivity index (χ1n) is 7.87. The molecular weight excluding hydrogens is 232 g/mol. The Morgan fingerprint density at radius 2 is 2.05 bits per heavy atom. The van der Waals surface area contributed by atoms with Crippen LogP contribution < -0.4 is 0 Å². The highest BCUT2D eigenvalue weighted by atomic mass is 16.3. The van der Waals surface area contributed by atoms with E-state index in [1.165, 1.54) is 12.0 Å². The van der Waals surface area contributed by atoms with Crippen molar-refractivity contribution in [2.75, 3.05) is 0 Å². The van der Waals surface area contributed by atoms with Crippen LogP contribution in [-0.2, 0) is 12.0 Å². The van der Waals surface area contributed by atoms with Gasteiger partial charge in [-0.3, -0.25) is 0 Å². The molecule has 1 heteroatoms. The molecule has 0 aliphatic heterocycles. The molecule has 1 aromatic carbocycles. The summed E-state index contributed by atoms with van der Waals surface area (Å²) < 4.78 is 0. The van der Waals surface area contributed by atoms with Crippen molar-refractivity contribution in [3.63, 3.8) is 0 Å². The Kier molecular flexibility index (Phi) is 4.67. The summed E-state index contributed by atoms with van der Waals surface area (Å²) in [4.78, 5) is 0. The minimum absolute atomic E-state index is 0.588. The summed E-state index contributed by atoms with van der Waals surface area (Å²) in [6.45, 7) is 6.80. The van der Waals surface area contributed by atoms with E-state index in [1.807, 2.05) is 0 Å². The summed E-state index contributed by atoms with van der Waals surface area (Å²) >= 11 is 0. The van der Waals surface area contributed by atoms with Crippen LogP contribution in [0, 0.1) is 11.8 Å². The van der Waals surface area contributed by atoms with Gasteiger partial charge in [0.05, 0.1) is 5.60 Å². The second-order valence-corrected chi connectivity index (χ2v) is 6.52. The average molecular weight is 260 g/mol. The zero-order chi connectivity index (χ0) is 13.9. The second-order valence-electron chi connectivity index (χ2n) is 6.52. The Labute approximate surface area is 118 Å². The molecule has 1 aliphatic carbocycles. The Morgan fingerprint density at radius 1 is 1.26 bits per heavy atom. The lowest BCUT2D eigenvalue weighted by Gasteiger charge is -2.28. The topological polar surface area (TPSA) is 20.2 Å². The van der Waals surface area contributed by atoms with Gasteiger partial charge in [-0.05, 0) is 55.1 Å². The van der Waals surface area contributed by atoms with Gasteiger partial charge in [-0.25, -0.2) is 0 Å². The van der Waals surface area contributed by atoms with Crippen molar-refractivity contribution in [2.24, 2.45) is 11.8 Å². The highest BCUT2D eigenvalue weighted by Crippen LogP contribution is 2.40. The van der Waals surface area contributed by atoms with E-state index < -0.39 is 5.60 Å². The van der Waals surface area contributed by atoms with E-state index in [9.17, 15) is 5.11 Å². The van der Waals surface area contributed by atoms with Gasteiger partial charge in [-0.15, -0.1) is 0 Å². The van der Waals surface area contributed by atoms with Gasteiger partial charge in [0.2, 0.25) is 0 Å². The maximum absolute atomic E-state index is 11.0. The number of hydrogen-bond acceptors (Lipinski definition) is 1. The van der Waals surface area contributed by atoms with Crippen LogP contribution in [0.5, 0.6) is 0 Å². The van der Waals surface area contributed by atoms with Gasteiger partial charge in [0.1, 0.15) is 0 Å². The van der Waals surface area contributed by atoms with E-state index in [0.717, 1.165) is 49.5 Å². The van der Waals surface area contributed by atoms with Crippen LogP contribution in [0.4, 0.5) is 0 Å². The summed E-state index contributed by atoms with van der Waals surface area (Å²) in [6, 6.07) is 8.56. The van der Waals surface area contributed by atoms with E-state index in [-0.39, 0.29) is 0 Å². The van der Waals surface area contributed by atoms with Crippen molar-refractivity contribution >= 4 is 0 Å². The van der Waals surface area contributed by atoms with Crippen molar-refractivity contribution in [2.45, 2.75) is 64.9 Å². The van der Waals surface area contributed by atoms with E-state index in [0.29, 0.717) is 0 Å². The third kappa shape index (κ3) is 3.39. The standard InChI is InChI=1S/C18H28O/c1-4-15-7-5-9-17(13-15)18(19)11-6-8-16(10-12-18)14(2)3/h5,7,9,13-14,16,19H,4,6,8,10-12H2,1-3H3. The quantitative estimate of drug-likeness (QED) is 0.783. The molecule has 0 amide bonds. The summed E-state index contributed by atoms with van der Waals surface area (Å²) in [7, 11) is 0. The van der Waals surface area contributed by atoms with Crippen molar-refractivity contribution in [1.29, 1.82) is 0 Å². The van der Waals surface area contributed by atoms with Crippen LogP contribution in [0.2, 0.25) is 0 Å². The molecule has 1 aromatic rings. The van der Waals surface area contributed by atoms with Gasteiger partial charge < -0.3 is 5.11 Å². The molecule has 1 aliphatic rings. The first kappa shape index (κ1) is 14.6. The molecule has 0 aromatic heterocycles. The van der Waals surface area contributed by atoms with E-state index in [2.05, 4.69) is 45.0 Å². The minimum atomic E-state index is -0.588. The number of benzene rings is 1. The van der Waals surface area contributed by atoms with E-state index >= 15 is 0 Å². The summed E-state index contributed by atoms with van der Waals surface area (Å²) in [6.07, 6.45) is 6.46. The predicted octanol–water partition coefficient (Wildman–Crippen LogP) is 4.67. The van der Waals surface area contributed by atoms with E-state index in [4.69, 9.17) is 0 Å². The molecule has 19 heavy (non-hydrogen) atoms. The SMILES string of the molecule is CCc1cccc(C2(O)CCCC(C(C)C)CC2)c1. The molecule has 0 spiro atoms. The molecule has 1 nitrogen and oxygen atoms in total. The monoisotopic (exact) mass is 260 g/mol. The maximum Gasteiger partial charge on any atom is 0.0896 e. The van der Waals surface area contributed by atoms with Crippen LogP contribution in [0.15, 0.2) is 24.3 Å². The average Bonchev–Trinajstić information content (AvgIpc) is 2.62. The molecule has 1 fully saturated rings. The van der Waals surface area contributed by atoms with Crippen molar-refractivity contribution in [3.8, 4) is 0 Å². The highest BCUT2D eigenvalue weighted by Gasteiger charge is 2.33. The molecule has 1 saturated carbocycles. The Bertz CT molecular complexity index is 410. The zero-order valence-corrected chi connectivity index (χ0v) is 12.7. The number of hydrogen-bond donors (Lipinski definition) is 1. The normalized spacial score (nSPS) is 28.4. The molecule has 2 rings (SSSR count). The number of rotatable bonds is 3. The molecular formula is C18H28O. The molecule has 0 heterocycles.